The number of benzene rings is 2. The van der Waals surface area contributed by atoms with Crippen LogP contribution in [0.2, 0.25) is 0 Å². The predicted octanol–water partition coefficient (Wildman–Crippen LogP) is 5.52. The zero-order valence-corrected chi connectivity index (χ0v) is 17.5. The van der Waals surface area contributed by atoms with Crippen molar-refractivity contribution < 1.29 is 8.94 Å². The van der Waals surface area contributed by atoms with Crippen molar-refractivity contribution in [3.05, 3.63) is 76.4 Å². The van der Waals surface area contributed by atoms with Gasteiger partial charge in [0, 0.05) is 16.5 Å². The van der Waals surface area contributed by atoms with E-state index in [0.717, 1.165) is 10.0 Å². The minimum atomic E-state index is 0.309. The van der Waals surface area contributed by atoms with Crippen molar-refractivity contribution in [2.75, 3.05) is 0 Å². The molecule has 0 bridgehead atoms. The monoisotopic (exact) mass is 456 g/mol. The van der Waals surface area contributed by atoms with Crippen LogP contribution in [0.5, 0.6) is 0 Å². The molecule has 0 spiro atoms. The van der Waals surface area contributed by atoms with Gasteiger partial charge in [-0.3, -0.25) is 0 Å². The molecule has 0 amide bonds. The van der Waals surface area contributed by atoms with Gasteiger partial charge in [0.1, 0.15) is 0 Å². The van der Waals surface area contributed by atoms with E-state index >= 15 is 0 Å². The maximum atomic E-state index is 5.75. The van der Waals surface area contributed by atoms with Gasteiger partial charge in [0.2, 0.25) is 17.6 Å². The summed E-state index contributed by atoms with van der Waals surface area (Å²) in [7, 11) is 0. The summed E-state index contributed by atoms with van der Waals surface area (Å²) in [5, 5.41) is 12.8. The van der Waals surface area contributed by atoms with Crippen LogP contribution >= 0.6 is 27.7 Å². The van der Waals surface area contributed by atoms with E-state index in [2.05, 4.69) is 55.3 Å². The molecule has 8 heteroatoms. The van der Waals surface area contributed by atoms with Gasteiger partial charge in [0.25, 0.3) is 5.22 Å². The maximum absolute atomic E-state index is 5.75. The minimum absolute atomic E-state index is 0.309. The van der Waals surface area contributed by atoms with Crippen LogP contribution < -0.4 is 0 Å². The van der Waals surface area contributed by atoms with Gasteiger partial charge in [-0.2, -0.15) is 4.98 Å². The van der Waals surface area contributed by atoms with E-state index in [0.29, 0.717) is 40.9 Å². The second-order valence-electron chi connectivity index (χ2n) is 6.29. The molecule has 1 atom stereocenters. The summed E-state index contributed by atoms with van der Waals surface area (Å²) in [6, 6.07) is 18.1. The minimum Gasteiger partial charge on any atom is -0.416 e. The number of aromatic nitrogens is 4. The summed E-state index contributed by atoms with van der Waals surface area (Å²) in [6.45, 7) is 2.15. The Morgan fingerprint density at radius 2 is 1.89 bits per heavy atom. The van der Waals surface area contributed by atoms with Gasteiger partial charge in [0.05, 0.1) is 5.75 Å². The Balaban J connectivity index is 1.35. The van der Waals surface area contributed by atoms with Gasteiger partial charge >= 0.3 is 0 Å². The highest BCUT2D eigenvalue weighted by atomic mass is 79.9. The lowest BCUT2D eigenvalue weighted by Crippen LogP contribution is -1.98. The summed E-state index contributed by atoms with van der Waals surface area (Å²) in [4.78, 5) is 4.42. The molecule has 2 heterocycles. The van der Waals surface area contributed by atoms with E-state index in [4.69, 9.17) is 8.94 Å². The highest BCUT2D eigenvalue weighted by Gasteiger charge is 2.14. The Bertz CT molecular complexity index is 1050. The number of nitrogens with zero attached hydrogens (tertiary/aromatic N) is 4. The van der Waals surface area contributed by atoms with Crippen LogP contribution in [0, 0.1) is 0 Å². The third-order valence-electron chi connectivity index (χ3n) is 4.17. The van der Waals surface area contributed by atoms with Crippen molar-refractivity contribution in [2.24, 2.45) is 0 Å². The molecular formula is C20H17BrN4O2S. The maximum Gasteiger partial charge on any atom is 0.277 e. The van der Waals surface area contributed by atoms with Crippen LogP contribution in [0.4, 0.5) is 0 Å². The molecule has 0 saturated heterocycles. The van der Waals surface area contributed by atoms with Crippen molar-refractivity contribution in [1.82, 2.24) is 20.3 Å². The molecule has 4 rings (SSSR count). The zero-order chi connectivity index (χ0) is 19.3. The number of halogens is 1. The largest absolute Gasteiger partial charge is 0.416 e. The second kappa shape index (κ2) is 8.70. The molecule has 4 aromatic rings. The highest BCUT2D eigenvalue weighted by Crippen LogP contribution is 2.26. The average Bonchev–Trinajstić information content (AvgIpc) is 3.36. The van der Waals surface area contributed by atoms with Gasteiger partial charge in [-0.15, -0.1) is 10.2 Å². The Kier molecular flexibility index (Phi) is 5.87. The van der Waals surface area contributed by atoms with Gasteiger partial charge in [-0.1, -0.05) is 82.2 Å². The molecule has 6 nitrogen and oxygen atoms in total. The van der Waals surface area contributed by atoms with E-state index in [-0.39, 0.29) is 0 Å². The van der Waals surface area contributed by atoms with Crippen LogP contribution in [-0.2, 0) is 12.2 Å². The standard InChI is InChI=1S/C20H17BrN4O2S/c1-13(14-6-3-2-4-7-14)10-17-23-24-20(26-17)28-12-18-22-19(25-27-18)15-8-5-9-16(21)11-15/h2-9,11,13H,10,12H2,1H3. The molecule has 0 saturated carbocycles. The van der Waals surface area contributed by atoms with E-state index in [1.54, 1.807) is 0 Å². The normalized spacial score (nSPS) is 12.2. The molecule has 0 N–H and O–H groups in total. The van der Waals surface area contributed by atoms with Crippen molar-refractivity contribution in [3.63, 3.8) is 0 Å². The lowest BCUT2D eigenvalue weighted by atomic mass is 9.98. The first-order valence-electron chi connectivity index (χ1n) is 8.76. The van der Waals surface area contributed by atoms with Gasteiger partial charge in [0.15, 0.2) is 0 Å². The summed E-state index contributed by atoms with van der Waals surface area (Å²) in [6.07, 6.45) is 0.700. The van der Waals surface area contributed by atoms with Gasteiger partial charge < -0.3 is 8.94 Å². The third kappa shape index (κ3) is 4.69. The number of hydrogen-bond acceptors (Lipinski definition) is 7. The summed E-state index contributed by atoms with van der Waals surface area (Å²) >= 11 is 4.83. The Morgan fingerprint density at radius 1 is 1.04 bits per heavy atom. The number of rotatable bonds is 7. The molecule has 142 valence electrons. The van der Waals surface area contributed by atoms with Gasteiger partial charge in [-0.25, -0.2) is 0 Å². The molecule has 0 radical (unpaired) electrons. The molecule has 28 heavy (non-hydrogen) atoms. The van der Waals surface area contributed by atoms with E-state index in [9.17, 15) is 0 Å². The molecular weight excluding hydrogens is 440 g/mol. The first-order chi connectivity index (χ1) is 13.7. The fraction of sp³-hybridized carbons (Fsp3) is 0.200. The topological polar surface area (TPSA) is 77.8 Å². The fourth-order valence-electron chi connectivity index (χ4n) is 2.72. The number of thioether (sulfide) groups is 1. The molecule has 0 aliphatic carbocycles. The predicted molar refractivity (Wildman–Crippen MR) is 110 cm³/mol. The Hall–Kier alpha value is -2.45. The molecule has 2 aromatic heterocycles. The smallest absolute Gasteiger partial charge is 0.277 e. The van der Waals surface area contributed by atoms with Crippen LogP contribution in [0.1, 0.15) is 30.2 Å². The van der Waals surface area contributed by atoms with E-state index in [1.807, 2.05) is 42.5 Å². The van der Waals surface area contributed by atoms with E-state index < -0.39 is 0 Å². The molecule has 2 aromatic carbocycles. The van der Waals surface area contributed by atoms with Crippen molar-refractivity contribution >= 4 is 27.7 Å². The third-order valence-corrected chi connectivity index (χ3v) is 5.46. The molecule has 1 unspecified atom stereocenters. The highest BCUT2D eigenvalue weighted by molar-refractivity contribution is 9.10. The van der Waals surface area contributed by atoms with Crippen LogP contribution in [0.3, 0.4) is 0 Å². The summed E-state index contributed by atoms with van der Waals surface area (Å²) in [5.41, 5.74) is 2.14. The molecule has 0 fully saturated rings. The molecule has 0 aliphatic heterocycles. The van der Waals surface area contributed by atoms with Crippen molar-refractivity contribution in [1.29, 1.82) is 0 Å². The van der Waals surface area contributed by atoms with Crippen LogP contribution in [0.25, 0.3) is 11.4 Å². The van der Waals surface area contributed by atoms with Crippen molar-refractivity contribution in [2.45, 2.75) is 30.2 Å². The quantitative estimate of drug-likeness (QED) is 0.338. The lowest BCUT2D eigenvalue weighted by molar-refractivity contribution is 0.388. The first kappa shape index (κ1) is 18.9. The summed E-state index contributed by atoms with van der Waals surface area (Å²) < 4.78 is 12.0. The SMILES string of the molecule is CC(Cc1nnc(SCc2nc(-c3cccc(Br)c3)no2)o1)c1ccccc1. The number of hydrogen-bond donors (Lipinski definition) is 0. The molecule has 0 aliphatic rings. The average molecular weight is 457 g/mol. The fourth-order valence-corrected chi connectivity index (χ4v) is 3.74. The Morgan fingerprint density at radius 3 is 2.71 bits per heavy atom. The Labute approximate surface area is 174 Å². The lowest BCUT2D eigenvalue weighted by Gasteiger charge is -2.08. The first-order valence-corrected chi connectivity index (χ1v) is 10.5. The second-order valence-corrected chi connectivity index (χ2v) is 8.13. The van der Waals surface area contributed by atoms with Crippen LogP contribution in [0.15, 0.2) is 73.2 Å². The summed E-state index contributed by atoms with van der Waals surface area (Å²) in [5.74, 6) is 2.47. The van der Waals surface area contributed by atoms with Crippen LogP contribution in [-0.4, -0.2) is 20.3 Å². The zero-order valence-electron chi connectivity index (χ0n) is 15.1. The van der Waals surface area contributed by atoms with Crippen molar-refractivity contribution in [3.8, 4) is 11.4 Å². The van der Waals surface area contributed by atoms with Gasteiger partial charge in [-0.05, 0) is 23.6 Å². The van der Waals surface area contributed by atoms with E-state index in [1.165, 1.54) is 17.3 Å².